The van der Waals surface area contributed by atoms with Gasteiger partial charge in [-0.2, -0.15) is 0 Å². The first-order valence-corrected chi connectivity index (χ1v) is 6.15. The van der Waals surface area contributed by atoms with Crippen LogP contribution in [-0.4, -0.2) is 25.3 Å². The monoisotopic (exact) mass is 219 g/mol. The van der Waals surface area contributed by atoms with E-state index in [0.29, 0.717) is 12.1 Å². The molecule has 0 aliphatic carbocycles. The van der Waals surface area contributed by atoms with Crippen LogP contribution in [0.2, 0.25) is 0 Å². The highest BCUT2D eigenvalue weighted by molar-refractivity contribution is 5.55. The average molecular weight is 219 g/mol. The molecule has 1 aromatic rings. The molecule has 0 bridgehead atoms. The van der Waals surface area contributed by atoms with Crippen molar-refractivity contribution in [3.63, 3.8) is 0 Å². The quantitative estimate of drug-likeness (QED) is 0.772. The van der Waals surface area contributed by atoms with E-state index in [9.17, 15) is 0 Å². The second kappa shape index (κ2) is 4.88. The molecule has 1 saturated heterocycles. The molecule has 0 spiro atoms. The van der Waals surface area contributed by atoms with Gasteiger partial charge >= 0.3 is 0 Å². The fourth-order valence-corrected chi connectivity index (χ4v) is 2.23. The minimum atomic E-state index is 0.566. The first-order valence-electron chi connectivity index (χ1n) is 6.15. The summed E-state index contributed by atoms with van der Waals surface area (Å²) in [5.74, 6) is 0. The average Bonchev–Trinajstić information content (AvgIpc) is 2.23. The zero-order valence-electron chi connectivity index (χ0n) is 10.4. The lowest BCUT2D eigenvalue weighted by Gasteiger charge is -2.43. The Kier molecular flexibility index (Phi) is 3.49. The van der Waals surface area contributed by atoms with Gasteiger partial charge in [-0.05, 0) is 31.9 Å². The molecule has 0 radical (unpaired) electrons. The lowest BCUT2D eigenvalue weighted by Crippen LogP contribution is -2.53. The van der Waals surface area contributed by atoms with Crippen molar-refractivity contribution in [2.24, 2.45) is 0 Å². The van der Waals surface area contributed by atoms with Crippen LogP contribution in [0.15, 0.2) is 24.3 Å². The number of hydrogen-bond donors (Lipinski definition) is 0. The van der Waals surface area contributed by atoms with E-state index >= 15 is 0 Å². The van der Waals surface area contributed by atoms with Crippen molar-refractivity contribution >= 4 is 5.69 Å². The Morgan fingerprint density at radius 3 is 2.56 bits per heavy atom. The van der Waals surface area contributed by atoms with E-state index in [-0.39, 0.29) is 0 Å². The molecule has 2 heteroatoms. The molecule has 1 heterocycles. The summed E-state index contributed by atoms with van der Waals surface area (Å²) in [5.41, 5.74) is 2.72. The zero-order valence-corrected chi connectivity index (χ0v) is 10.4. The summed E-state index contributed by atoms with van der Waals surface area (Å²) in [6.07, 6.45) is 1.17. The van der Waals surface area contributed by atoms with E-state index < -0.39 is 0 Å². The van der Waals surface area contributed by atoms with Crippen molar-refractivity contribution < 1.29 is 4.74 Å². The molecule has 1 aromatic carbocycles. The fraction of sp³-hybridized carbons (Fsp3) is 0.571. The molecule has 1 fully saturated rings. The minimum absolute atomic E-state index is 0.566. The highest BCUT2D eigenvalue weighted by atomic mass is 16.5. The van der Waals surface area contributed by atoms with Crippen LogP contribution in [0.5, 0.6) is 0 Å². The van der Waals surface area contributed by atoms with Gasteiger partial charge in [-0.25, -0.2) is 0 Å². The SMILES string of the molecule is CC[C@H](C)N(c1ccccc1C)C1COC1. The van der Waals surface area contributed by atoms with Crippen LogP contribution < -0.4 is 4.90 Å². The van der Waals surface area contributed by atoms with Crippen molar-refractivity contribution in [2.75, 3.05) is 18.1 Å². The Hall–Kier alpha value is -1.02. The molecule has 88 valence electrons. The Balaban J connectivity index is 2.27. The van der Waals surface area contributed by atoms with E-state index in [1.54, 1.807) is 0 Å². The van der Waals surface area contributed by atoms with Gasteiger partial charge in [-0.15, -0.1) is 0 Å². The number of benzene rings is 1. The van der Waals surface area contributed by atoms with Crippen LogP contribution in [0.1, 0.15) is 25.8 Å². The number of anilines is 1. The molecule has 0 saturated carbocycles. The lowest BCUT2D eigenvalue weighted by atomic mass is 10.1. The smallest absolute Gasteiger partial charge is 0.0760 e. The van der Waals surface area contributed by atoms with Gasteiger partial charge in [0.05, 0.1) is 19.3 Å². The van der Waals surface area contributed by atoms with Gasteiger partial charge in [-0.1, -0.05) is 25.1 Å². The molecule has 1 atom stereocenters. The maximum atomic E-state index is 5.33. The third kappa shape index (κ3) is 2.07. The van der Waals surface area contributed by atoms with Crippen LogP contribution in [-0.2, 0) is 4.74 Å². The van der Waals surface area contributed by atoms with Crippen LogP contribution in [0.4, 0.5) is 5.69 Å². The topological polar surface area (TPSA) is 12.5 Å². The predicted octanol–water partition coefficient (Wildman–Crippen LogP) is 3.00. The van der Waals surface area contributed by atoms with Gasteiger partial charge in [0.15, 0.2) is 0 Å². The van der Waals surface area contributed by atoms with Crippen molar-refractivity contribution in [1.29, 1.82) is 0 Å². The van der Waals surface area contributed by atoms with Gasteiger partial charge in [0.25, 0.3) is 0 Å². The first kappa shape index (κ1) is 11.5. The van der Waals surface area contributed by atoms with Crippen LogP contribution in [0.3, 0.4) is 0 Å². The van der Waals surface area contributed by atoms with Crippen LogP contribution in [0.25, 0.3) is 0 Å². The number of hydrogen-bond acceptors (Lipinski definition) is 2. The highest BCUT2D eigenvalue weighted by Gasteiger charge is 2.29. The Morgan fingerprint density at radius 2 is 2.06 bits per heavy atom. The molecule has 0 unspecified atom stereocenters. The summed E-state index contributed by atoms with van der Waals surface area (Å²) >= 11 is 0. The predicted molar refractivity (Wildman–Crippen MR) is 68.0 cm³/mol. The van der Waals surface area contributed by atoms with Gasteiger partial charge < -0.3 is 9.64 Å². The summed E-state index contributed by atoms with van der Waals surface area (Å²) in [5, 5.41) is 0. The van der Waals surface area contributed by atoms with E-state index in [1.807, 2.05) is 0 Å². The Bertz CT molecular complexity index is 342. The molecular formula is C14H21NO. The summed E-state index contributed by atoms with van der Waals surface area (Å²) in [6, 6.07) is 9.78. The maximum Gasteiger partial charge on any atom is 0.0760 e. The van der Waals surface area contributed by atoms with Crippen LogP contribution in [0, 0.1) is 6.92 Å². The second-order valence-corrected chi connectivity index (χ2v) is 4.64. The lowest BCUT2D eigenvalue weighted by molar-refractivity contribution is 0.00509. The molecule has 1 aliphatic rings. The Labute approximate surface area is 98.2 Å². The van der Waals surface area contributed by atoms with Gasteiger partial charge in [0.1, 0.15) is 0 Å². The van der Waals surface area contributed by atoms with Crippen molar-refractivity contribution in [1.82, 2.24) is 0 Å². The zero-order chi connectivity index (χ0) is 11.5. The molecule has 16 heavy (non-hydrogen) atoms. The number of ether oxygens (including phenoxy) is 1. The van der Waals surface area contributed by atoms with E-state index in [4.69, 9.17) is 4.74 Å². The van der Waals surface area contributed by atoms with Gasteiger partial charge in [0, 0.05) is 11.7 Å². The van der Waals surface area contributed by atoms with Crippen molar-refractivity contribution in [3.8, 4) is 0 Å². The Morgan fingerprint density at radius 1 is 1.38 bits per heavy atom. The number of nitrogens with zero attached hydrogens (tertiary/aromatic N) is 1. The van der Waals surface area contributed by atoms with Crippen molar-refractivity contribution in [2.45, 2.75) is 39.3 Å². The minimum Gasteiger partial charge on any atom is -0.377 e. The molecule has 0 amide bonds. The first-order chi connectivity index (χ1) is 7.74. The summed E-state index contributed by atoms with van der Waals surface area (Å²) in [6.45, 7) is 8.47. The van der Waals surface area contributed by atoms with Gasteiger partial charge in [-0.3, -0.25) is 0 Å². The molecular weight excluding hydrogens is 198 g/mol. The number of rotatable bonds is 4. The number of para-hydroxylation sites is 1. The molecule has 2 nitrogen and oxygen atoms in total. The fourth-order valence-electron chi connectivity index (χ4n) is 2.23. The standard InChI is InChI=1S/C14H21NO/c1-4-12(3)15(13-9-16-10-13)14-8-6-5-7-11(14)2/h5-8,12-13H,4,9-10H2,1-3H3/t12-/m0/s1. The molecule has 0 aromatic heterocycles. The normalized spacial score (nSPS) is 17.9. The highest BCUT2D eigenvalue weighted by Crippen LogP contribution is 2.27. The summed E-state index contributed by atoms with van der Waals surface area (Å²) < 4.78 is 5.33. The van der Waals surface area contributed by atoms with E-state index in [1.165, 1.54) is 17.7 Å². The third-order valence-corrected chi connectivity index (χ3v) is 3.47. The van der Waals surface area contributed by atoms with Crippen LogP contribution >= 0.6 is 0 Å². The molecule has 0 N–H and O–H groups in total. The summed E-state index contributed by atoms with van der Waals surface area (Å²) in [4.78, 5) is 2.53. The maximum absolute atomic E-state index is 5.33. The third-order valence-electron chi connectivity index (χ3n) is 3.47. The molecule has 1 aliphatic heterocycles. The second-order valence-electron chi connectivity index (χ2n) is 4.64. The number of aryl methyl sites for hydroxylation is 1. The molecule has 2 rings (SSSR count). The van der Waals surface area contributed by atoms with Crippen molar-refractivity contribution in [3.05, 3.63) is 29.8 Å². The van der Waals surface area contributed by atoms with E-state index in [2.05, 4.69) is 49.9 Å². The van der Waals surface area contributed by atoms with Gasteiger partial charge in [0.2, 0.25) is 0 Å². The summed E-state index contributed by atoms with van der Waals surface area (Å²) in [7, 11) is 0. The largest absolute Gasteiger partial charge is 0.377 e. The van der Waals surface area contributed by atoms with E-state index in [0.717, 1.165) is 13.2 Å².